The van der Waals surface area contributed by atoms with E-state index in [0.717, 1.165) is 0 Å². The molecular formula is C19H24N6O6. The van der Waals surface area contributed by atoms with E-state index in [1.807, 2.05) is 0 Å². The molecule has 31 heavy (non-hydrogen) atoms. The Balaban J connectivity index is 2.07. The first-order valence-corrected chi connectivity index (χ1v) is 9.33. The molecule has 0 fully saturated rings. The normalized spacial score (nSPS) is 12.4. The number of nitrogens with zero attached hydrogens (tertiary/aromatic N) is 1. The third-order valence-corrected chi connectivity index (χ3v) is 4.25. The number of nitrogens with one attached hydrogen (secondary N) is 4. The molecule has 0 radical (unpaired) electrons. The Hall–Kier alpha value is -3.93. The number of aliphatic carboxylic acids is 1. The van der Waals surface area contributed by atoms with Gasteiger partial charge in [-0.15, -0.1) is 0 Å². The van der Waals surface area contributed by atoms with Crippen LogP contribution in [0.1, 0.15) is 11.3 Å². The minimum Gasteiger partial charge on any atom is -0.508 e. The van der Waals surface area contributed by atoms with Crippen molar-refractivity contribution < 1.29 is 29.4 Å². The first-order chi connectivity index (χ1) is 14.8. The molecule has 8 N–H and O–H groups in total. The Kier molecular flexibility index (Phi) is 8.52. The van der Waals surface area contributed by atoms with Crippen molar-refractivity contribution in [1.82, 2.24) is 25.9 Å². The highest BCUT2D eigenvalue weighted by Crippen LogP contribution is 2.12. The number of phenolic OH excluding ortho intramolecular Hbond substituents is 1. The molecular weight excluding hydrogens is 408 g/mol. The molecule has 12 nitrogen and oxygen atoms in total. The first kappa shape index (κ1) is 23.3. The zero-order valence-corrected chi connectivity index (χ0v) is 16.5. The summed E-state index contributed by atoms with van der Waals surface area (Å²) in [5, 5.41) is 26.0. The maximum atomic E-state index is 12.8. The maximum absolute atomic E-state index is 12.8. The second kappa shape index (κ2) is 11.3. The van der Waals surface area contributed by atoms with Crippen LogP contribution in [0.3, 0.4) is 0 Å². The second-order valence-electron chi connectivity index (χ2n) is 6.65. The van der Waals surface area contributed by atoms with Crippen molar-refractivity contribution in [2.75, 3.05) is 13.1 Å². The molecule has 2 rings (SSSR count). The van der Waals surface area contributed by atoms with Gasteiger partial charge in [0.05, 0.1) is 19.4 Å². The highest BCUT2D eigenvalue weighted by molar-refractivity contribution is 5.92. The van der Waals surface area contributed by atoms with E-state index in [4.69, 9.17) is 5.73 Å². The van der Waals surface area contributed by atoms with Crippen LogP contribution in [0, 0.1) is 0 Å². The number of nitrogens with two attached hydrogens (primary N) is 1. The fourth-order valence-electron chi connectivity index (χ4n) is 2.66. The summed E-state index contributed by atoms with van der Waals surface area (Å²) in [5.41, 5.74) is 6.29. The molecule has 0 spiro atoms. The number of hydrogen-bond donors (Lipinski definition) is 7. The largest absolute Gasteiger partial charge is 0.508 e. The number of aromatic hydroxyl groups is 1. The number of carbonyl (C=O) groups excluding carboxylic acids is 3. The van der Waals surface area contributed by atoms with E-state index in [0.29, 0.717) is 11.3 Å². The van der Waals surface area contributed by atoms with Gasteiger partial charge in [0.2, 0.25) is 17.7 Å². The summed E-state index contributed by atoms with van der Waals surface area (Å²) in [4.78, 5) is 54.5. The van der Waals surface area contributed by atoms with Gasteiger partial charge in [0.15, 0.2) is 0 Å². The number of phenols is 1. The van der Waals surface area contributed by atoms with Crippen molar-refractivity contribution >= 4 is 23.7 Å². The molecule has 2 atom stereocenters. The van der Waals surface area contributed by atoms with Gasteiger partial charge < -0.3 is 36.9 Å². The smallest absolute Gasteiger partial charge is 0.326 e. The van der Waals surface area contributed by atoms with E-state index in [1.54, 1.807) is 12.1 Å². The van der Waals surface area contributed by atoms with Gasteiger partial charge in [-0.1, -0.05) is 12.1 Å². The summed E-state index contributed by atoms with van der Waals surface area (Å²) in [6.45, 7) is -0.679. The number of aromatic amines is 1. The van der Waals surface area contributed by atoms with Crippen LogP contribution >= 0.6 is 0 Å². The third-order valence-electron chi connectivity index (χ3n) is 4.25. The summed E-state index contributed by atoms with van der Waals surface area (Å²) in [5.74, 6) is -3.14. The first-order valence-electron chi connectivity index (χ1n) is 9.33. The average molecular weight is 432 g/mol. The Labute approximate surface area is 177 Å². The van der Waals surface area contributed by atoms with E-state index in [-0.39, 0.29) is 25.1 Å². The van der Waals surface area contributed by atoms with Gasteiger partial charge in [-0.05, 0) is 17.7 Å². The predicted octanol–water partition coefficient (Wildman–Crippen LogP) is -1.97. The molecule has 0 aliphatic carbocycles. The maximum Gasteiger partial charge on any atom is 0.326 e. The molecule has 1 aromatic heterocycles. The minimum absolute atomic E-state index is 0.0218. The van der Waals surface area contributed by atoms with Crippen molar-refractivity contribution in [3.63, 3.8) is 0 Å². The van der Waals surface area contributed by atoms with Crippen molar-refractivity contribution in [1.29, 1.82) is 0 Å². The summed E-state index contributed by atoms with van der Waals surface area (Å²) >= 11 is 0. The van der Waals surface area contributed by atoms with Crippen LogP contribution in [0.15, 0.2) is 36.8 Å². The van der Waals surface area contributed by atoms with Crippen LogP contribution in [-0.2, 0) is 32.0 Å². The zero-order chi connectivity index (χ0) is 22.8. The van der Waals surface area contributed by atoms with E-state index in [2.05, 4.69) is 25.9 Å². The van der Waals surface area contributed by atoms with Crippen molar-refractivity contribution in [3.8, 4) is 5.75 Å². The number of amides is 3. The molecule has 12 heteroatoms. The van der Waals surface area contributed by atoms with E-state index >= 15 is 0 Å². The molecule has 166 valence electrons. The van der Waals surface area contributed by atoms with E-state index in [1.165, 1.54) is 24.7 Å². The van der Waals surface area contributed by atoms with Crippen molar-refractivity contribution in [2.45, 2.75) is 24.9 Å². The van der Waals surface area contributed by atoms with Crippen LogP contribution in [0.5, 0.6) is 5.75 Å². The molecule has 0 saturated carbocycles. The quantitative estimate of drug-likeness (QED) is 0.212. The van der Waals surface area contributed by atoms with Crippen molar-refractivity contribution in [3.05, 3.63) is 48.0 Å². The van der Waals surface area contributed by atoms with Gasteiger partial charge in [-0.3, -0.25) is 14.4 Å². The highest BCUT2D eigenvalue weighted by Gasteiger charge is 2.27. The van der Waals surface area contributed by atoms with Gasteiger partial charge >= 0.3 is 5.97 Å². The lowest BCUT2D eigenvalue weighted by Crippen LogP contribution is -2.54. The molecule has 0 aliphatic heterocycles. The van der Waals surface area contributed by atoms with Crippen molar-refractivity contribution in [2.24, 2.45) is 5.73 Å². The van der Waals surface area contributed by atoms with E-state index in [9.17, 15) is 29.4 Å². The standard InChI is InChI=1S/C19H24N6O6/c20-7-16(27)22-9-17(28)24-14(6-12-8-21-10-23-12)18(29)25-15(19(30)31)5-11-1-3-13(26)4-2-11/h1-4,8,10,14-15,26H,5-7,9,20H2,(H,21,23)(H,22,27)(H,24,28)(H,25,29)(H,30,31). The second-order valence-corrected chi connectivity index (χ2v) is 6.65. The van der Waals surface area contributed by atoms with Crippen LogP contribution in [-0.4, -0.2) is 69.0 Å². The Morgan fingerprint density at radius 1 is 1.03 bits per heavy atom. The van der Waals surface area contributed by atoms with Gasteiger partial charge in [0.1, 0.15) is 17.8 Å². The average Bonchev–Trinajstić information content (AvgIpc) is 3.25. The molecule has 0 saturated heterocycles. The molecule has 2 unspecified atom stereocenters. The Morgan fingerprint density at radius 3 is 2.32 bits per heavy atom. The number of carboxylic acids is 1. The lowest BCUT2D eigenvalue weighted by molar-refractivity contribution is -0.142. The number of aromatic nitrogens is 2. The van der Waals surface area contributed by atoms with Crippen LogP contribution in [0.4, 0.5) is 0 Å². The number of hydrogen-bond acceptors (Lipinski definition) is 7. The number of carbonyl (C=O) groups is 4. The van der Waals surface area contributed by atoms with E-state index < -0.39 is 42.3 Å². The van der Waals surface area contributed by atoms with Gasteiger partial charge in [0.25, 0.3) is 0 Å². The van der Waals surface area contributed by atoms with Gasteiger partial charge in [-0.2, -0.15) is 0 Å². The molecule has 1 heterocycles. The molecule has 0 bridgehead atoms. The summed E-state index contributed by atoms with van der Waals surface area (Å²) in [7, 11) is 0. The summed E-state index contributed by atoms with van der Waals surface area (Å²) < 4.78 is 0. The van der Waals surface area contributed by atoms with Crippen LogP contribution < -0.4 is 21.7 Å². The fraction of sp³-hybridized carbons (Fsp3) is 0.316. The molecule has 2 aromatic rings. The lowest BCUT2D eigenvalue weighted by atomic mass is 10.0. The minimum atomic E-state index is -1.27. The number of benzene rings is 1. The molecule has 1 aromatic carbocycles. The predicted molar refractivity (Wildman–Crippen MR) is 108 cm³/mol. The highest BCUT2D eigenvalue weighted by atomic mass is 16.4. The Morgan fingerprint density at radius 2 is 1.74 bits per heavy atom. The SMILES string of the molecule is NCC(=O)NCC(=O)NC(Cc1cnc[nH]1)C(=O)NC(Cc1ccc(O)cc1)C(=O)O. The fourth-order valence-corrected chi connectivity index (χ4v) is 2.66. The summed E-state index contributed by atoms with van der Waals surface area (Å²) in [6, 6.07) is 3.52. The lowest BCUT2D eigenvalue weighted by Gasteiger charge is -2.21. The Bertz CT molecular complexity index is 899. The number of H-pyrrole nitrogens is 1. The monoisotopic (exact) mass is 432 g/mol. The third kappa shape index (κ3) is 7.78. The zero-order valence-electron chi connectivity index (χ0n) is 16.5. The number of imidazole rings is 1. The molecule has 0 aliphatic rings. The molecule has 3 amide bonds. The number of rotatable bonds is 11. The van der Waals surface area contributed by atoms with Crippen LogP contribution in [0.25, 0.3) is 0 Å². The van der Waals surface area contributed by atoms with Crippen LogP contribution in [0.2, 0.25) is 0 Å². The van der Waals surface area contributed by atoms with Gasteiger partial charge in [0, 0.05) is 24.7 Å². The number of carboxylic acid groups (broad SMARTS) is 1. The van der Waals surface area contributed by atoms with Gasteiger partial charge in [-0.25, -0.2) is 9.78 Å². The topological polar surface area (TPSA) is 200 Å². The summed E-state index contributed by atoms with van der Waals surface area (Å²) in [6.07, 6.45) is 2.86.